The van der Waals surface area contributed by atoms with E-state index in [1.54, 1.807) is 6.07 Å². The molecule has 3 aliphatic carbocycles. The second-order valence-electron chi connectivity index (χ2n) is 11.9. The molecule has 3 aromatic rings. The Morgan fingerprint density at radius 1 is 1.06 bits per heavy atom. The SMILES string of the molecule is CN1CC[C@]23c4c5ccc(O)c4O[C@H]2c2c(c4c(n2CCc2ccccc2)CCCC4)C[C@@]3(O)[C@@H]1C5. The quantitative estimate of drug-likeness (QED) is 0.587. The molecule has 2 aromatic carbocycles. The van der Waals surface area contributed by atoms with Crippen LogP contribution in [0.15, 0.2) is 42.5 Å². The Morgan fingerprint density at radius 2 is 1.89 bits per heavy atom. The highest BCUT2D eigenvalue weighted by Crippen LogP contribution is 2.69. The van der Waals surface area contributed by atoms with Crippen molar-refractivity contribution in [2.75, 3.05) is 13.6 Å². The molecule has 5 nitrogen and oxygen atoms in total. The summed E-state index contributed by atoms with van der Waals surface area (Å²) in [5.74, 6) is 0.839. The van der Waals surface area contributed by atoms with Gasteiger partial charge >= 0.3 is 0 Å². The largest absolute Gasteiger partial charge is 0.504 e. The van der Waals surface area contributed by atoms with Crippen molar-refractivity contribution < 1.29 is 14.9 Å². The molecule has 5 heteroatoms. The van der Waals surface area contributed by atoms with Crippen LogP contribution in [-0.4, -0.2) is 44.9 Å². The summed E-state index contributed by atoms with van der Waals surface area (Å²) in [6.45, 7) is 1.86. The van der Waals surface area contributed by atoms with E-state index in [-0.39, 0.29) is 17.9 Å². The van der Waals surface area contributed by atoms with Gasteiger partial charge in [-0.05, 0) is 86.9 Å². The number of phenols is 1. The fraction of sp³-hybridized carbons (Fsp3) is 0.484. The zero-order chi connectivity index (χ0) is 24.2. The monoisotopic (exact) mass is 482 g/mol. The van der Waals surface area contributed by atoms with Crippen molar-refractivity contribution in [3.8, 4) is 11.5 Å². The van der Waals surface area contributed by atoms with E-state index in [4.69, 9.17) is 4.74 Å². The minimum absolute atomic E-state index is 0.0559. The number of fused-ring (bicyclic) bond motifs is 4. The first kappa shape index (κ1) is 21.3. The summed E-state index contributed by atoms with van der Waals surface area (Å²) < 4.78 is 9.44. The fourth-order valence-corrected chi connectivity index (χ4v) is 8.81. The van der Waals surface area contributed by atoms with Gasteiger partial charge in [0.15, 0.2) is 17.6 Å². The van der Waals surface area contributed by atoms with Gasteiger partial charge in [-0.1, -0.05) is 36.4 Å². The third kappa shape index (κ3) is 2.44. The third-order valence-electron chi connectivity index (χ3n) is 10.4. The lowest BCUT2D eigenvalue weighted by Crippen LogP contribution is -2.74. The molecule has 1 fully saturated rings. The number of piperidine rings is 1. The van der Waals surface area contributed by atoms with Crippen LogP contribution in [0.4, 0.5) is 0 Å². The van der Waals surface area contributed by atoms with Gasteiger partial charge in [0.2, 0.25) is 0 Å². The Hall–Kier alpha value is -2.76. The van der Waals surface area contributed by atoms with Crippen LogP contribution >= 0.6 is 0 Å². The molecular formula is C31H34N2O3. The Morgan fingerprint density at radius 3 is 2.75 bits per heavy atom. The van der Waals surface area contributed by atoms with Crippen LogP contribution in [0.3, 0.4) is 0 Å². The minimum atomic E-state index is -0.902. The topological polar surface area (TPSA) is 57.9 Å². The molecular weight excluding hydrogens is 448 g/mol. The van der Waals surface area contributed by atoms with Crippen molar-refractivity contribution in [3.05, 3.63) is 81.7 Å². The summed E-state index contributed by atoms with van der Waals surface area (Å²) in [4.78, 5) is 2.37. The highest BCUT2D eigenvalue weighted by Gasteiger charge is 2.72. The zero-order valence-corrected chi connectivity index (χ0v) is 21.0. The maximum atomic E-state index is 12.8. The predicted molar refractivity (Wildman–Crippen MR) is 138 cm³/mol. The van der Waals surface area contributed by atoms with Gasteiger partial charge in [0.05, 0.1) is 16.7 Å². The van der Waals surface area contributed by atoms with Gasteiger partial charge in [0.1, 0.15) is 0 Å². The van der Waals surface area contributed by atoms with E-state index in [1.807, 2.05) is 0 Å². The van der Waals surface area contributed by atoms with Crippen LogP contribution in [0.1, 0.15) is 64.6 Å². The lowest BCUT2D eigenvalue weighted by molar-refractivity contribution is -0.168. The van der Waals surface area contributed by atoms with Crippen molar-refractivity contribution in [1.82, 2.24) is 9.47 Å². The molecule has 2 bridgehead atoms. The summed E-state index contributed by atoms with van der Waals surface area (Å²) in [5.41, 5.74) is 7.84. The number of ether oxygens (including phenoxy) is 1. The van der Waals surface area contributed by atoms with Crippen LogP contribution in [0.25, 0.3) is 0 Å². The number of aromatic hydroxyl groups is 1. The number of likely N-dealkylation sites (N-methyl/N-ethyl adjacent to an activating group) is 1. The molecule has 2 N–H and O–H groups in total. The van der Waals surface area contributed by atoms with Gasteiger partial charge in [-0.15, -0.1) is 0 Å². The number of hydrogen-bond acceptors (Lipinski definition) is 4. The van der Waals surface area contributed by atoms with Gasteiger partial charge in [-0.3, -0.25) is 0 Å². The lowest BCUT2D eigenvalue weighted by atomic mass is 9.49. The molecule has 4 atom stereocenters. The molecule has 36 heavy (non-hydrogen) atoms. The van der Waals surface area contributed by atoms with Crippen LogP contribution in [0, 0.1) is 0 Å². The lowest BCUT2D eigenvalue weighted by Gasteiger charge is -2.62. The van der Waals surface area contributed by atoms with Gasteiger partial charge in [-0.2, -0.15) is 0 Å². The van der Waals surface area contributed by atoms with E-state index >= 15 is 0 Å². The molecule has 5 aliphatic rings. The predicted octanol–water partition coefficient (Wildman–Crippen LogP) is 4.23. The van der Waals surface area contributed by atoms with Crippen molar-refractivity contribution in [2.24, 2.45) is 0 Å². The Balaban J connectivity index is 1.37. The number of rotatable bonds is 3. The molecule has 1 saturated heterocycles. The molecule has 0 radical (unpaired) electrons. The van der Waals surface area contributed by atoms with E-state index in [0.717, 1.165) is 50.8 Å². The van der Waals surface area contributed by atoms with Crippen LogP contribution in [-0.2, 0) is 44.1 Å². The highest BCUT2D eigenvalue weighted by atomic mass is 16.5. The number of phenolic OH excluding ortho intramolecular Hbond substituents is 1. The summed E-state index contributed by atoms with van der Waals surface area (Å²) in [6, 6.07) is 14.7. The summed E-state index contributed by atoms with van der Waals surface area (Å²) in [7, 11) is 2.17. The van der Waals surface area contributed by atoms with E-state index in [9.17, 15) is 10.2 Å². The number of nitrogens with zero attached hydrogens (tertiary/aromatic N) is 2. The number of aryl methyl sites for hydroxylation is 1. The van der Waals surface area contributed by atoms with Crippen molar-refractivity contribution in [2.45, 2.75) is 81.1 Å². The Labute approximate surface area is 212 Å². The highest BCUT2D eigenvalue weighted by molar-refractivity contribution is 5.65. The Bertz CT molecular complexity index is 1390. The van der Waals surface area contributed by atoms with E-state index in [2.05, 4.69) is 52.9 Å². The molecule has 186 valence electrons. The molecule has 3 heterocycles. The molecule has 1 spiro atoms. The molecule has 0 unspecified atom stereocenters. The molecule has 0 amide bonds. The number of likely N-dealkylation sites (tertiary alicyclic amines) is 1. The molecule has 2 aliphatic heterocycles. The fourth-order valence-electron chi connectivity index (χ4n) is 8.81. The molecule has 1 aromatic heterocycles. The summed E-state index contributed by atoms with van der Waals surface area (Å²) in [5, 5.41) is 23.8. The van der Waals surface area contributed by atoms with Gasteiger partial charge in [0, 0.05) is 30.3 Å². The van der Waals surface area contributed by atoms with Gasteiger partial charge in [-0.25, -0.2) is 0 Å². The van der Waals surface area contributed by atoms with Crippen molar-refractivity contribution in [1.29, 1.82) is 0 Å². The first-order valence-electron chi connectivity index (χ1n) is 13.7. The molecule has 0 saturated carbocycles. The summed E-state index contributed by atoms with van der Waals surface area (Å²) in [6.07, 6.45) is 7.69. The van der Waals surface area contributed by atoms with Gasteiger partial charge < -0.3 is 24.4 Å². The van der Waals surface area contributed by atoms with Crippen LogP contribution in [0.2, 0.25) is 0 Å². The van der Waals surface area contributed by atoms with Crippen LogP contribution < -0.4 is 4.74 Å². The third-order valence-corrected chi connectivity index (χ3v) is 10.4. The number of aromatic nitrogens is 1. The minimum Gasteiger partial charge on any atom is -0.504 e. The summed E-state index contributed by atoms with van der Waals surface area (Å²) >= 11 is 0. The van der Waals surface area contributed by atoms with Crippen LogP contribution in [0.5, 0.6) is 11.5 Å². The van der Waals surface area contributed by atoms with E-state index in [0.29, 0.717) is 12.2 Å². The maximum Gasteiger partial charge on any atom is 0.166 e. The number of benzene rings is 2. The number of hydrogen-bond donors (Lipinski definition) is 2. The van der Waals surface area contributed by atoms with Crippen molar-refractivity contribution >= 4 is 0 Å². The average molecular weight is 483 g/mol. The first-order chi connectivity index (χ1) is 17.5. The second kappa shape index (κ2) is 7.17. The second-order valence-corrected chi connectivity index (χ2v) is 11.9. The standard InChI is InChI=1S/C31H34N2O3/c1-32-16-14-30-26-20-11-12-24(34)28(26)36-29(30)27-22(18-31(30,35)25(32)17-20)21-9-5-6-10-23(21)33(27)15-13-19-7-3-2-4-8-19/h2-4,7-8,11-12,25,29,34-35H,5-6,9-10,13-18H2,1H3/t25-,29-,30-,31+/m0/s1. The normalized spacial score (nSPS) is 31.4. The maximum absolute atomic E-state index is 12.8. The molecule has 8 rings (SSSR count). The average Bonchev–Trinajstić information content (AvgIpc) is 3.40. The van der Waals surface area contributed by atoms with E-state index < -0.39 is 11.0 Å². The zero-order valence-electron chi connectivity index (χ0n) is 21.0. The van der Waals surface area contributed by atoms with Gasteiger partial charge in [0.25, 0.3) is 0 Å². The first-order valence-corrected chi connectivity index (χ1v) is 13.7. The van der Waals surface area contributed by atoms with Crippen molar-refractivity contribution in [3.63, 3.8) is 0 Å². The smallest absolute Gasteiger partial charge is 0.166 e. The van der Waals surface area contributed by atoms with E-state index in [1.165, 1.54) is 46.5 Å². The number of aliphatic hydroxyl groups is 1. The Kier molecular flexibility index (Phi) is 4.25.